The first-order valence-electron chi connectivity index (χ1n) is 6.08. The lowest BCUT2D eigenvalue weighted by atomic mass is 9.81. The van der Waals surface area contributed by atoms with Gasteiger partial charge in [-0.3, -0.25) is 0 Å². The van der Waals surface area contributed by atoms with Gasteiger partial charge in [-0.15, -0.1) is 0 Å². The standard InChI is InChI=1S/C14H21N/c1-11-4-6-13-7-5-12(3-2-8-15)10-14(13)9-11/h4,6,9,12H,2-3,5,7-8,10,15H2,1H3. The topological polar surface area (TPSA) is 26.0 Å². The second kappa shape index (κ2) is 4.80. The Morgan fingerprint density at radius 2 is 2.20 bits per heavy atom. The van der Waals surface area contributed by atoms with Gasteiger partial charge in [-0.2, -0.15) is 0 Å². The van der Waals surface area contributed by atoms with Gasteiger partial charge in [0.15, 0.2) is 0 Å². The SMILES string of the molecule is Cc1ccc2c(c1)CC(CCCN)CC2. The van der Waals surface area contributed by atoms with Crippen LogP contribution in [0.25, 0.3) is 0 Å². The van der Waals surface area contributed by atoms with E-state index in [2.05, 4.69) is 25.1 Å². The van der Waals surface area contributed by atoms with E-state index in [1.54, 1.807) is 11.1 Å². The average molecular weight is 203 g/mol. The molecule has 15 heavy (non-hydrogen) atoms. The fourth-order valence-electron chi connectivity index (χ4n) is 2.61. The van der Waals surface area contributed by atoms with Crippen LogP contribution in [0.15, 0.2) is 18.2 Å². The van der Waals surface area contributed by atoms with Gasteiger partial charge in [0, 0.05) is 0 Å². The van der Waals surface area contributed by atoms with Crippen LogP contribution in [0.2, 0.25) is 0 Å². The Morgan fingerprint density at radius 1 is 1.33 bits per heavy atom. The zero-order chi connectivity index (χ0) is 10.7. The summed E-state index contributed by atoms with van der Waals surface area (Å²) in [6, 6.07) is 6.91. The van der Waals surface area contributed by atoms with Gasteiger partial charge >= 0.3 is 0 Å². The van der Waals surface area contributed by atoms with Gasteiger partial charge in [-0.05, 0) is 62.6 Å². The van der Waals surface area contributed by atoms with Gasteiger partial charge in [0.25, 0.3) is 0 Å². The van der Waals surface area contributed by atoms with Crippen LogP contribution < -0.4 is 5.73 Å². The number of aryl methyl sites for hydroxylation is 2. The van der Waals surface area contributed by atoms with E-state index < -0.39 is 0 Å². The lowest BCUT2D eigenvalue weighted by Gasteiger charge is -2.24. The maximum atomic E-state index is 5.56. The number of fused-ring (bicyclic) bond motifs is 1. The second-order valence-electron chi connectivity index (χ2n) is 4.81. The molecular formula is C14H21N. The highest BCUT2D eigenvalue weighted by atomic mass is 14.5. The van der Waals surface area contributed by atoms with Gasteiger partial charge in [0.1, 0.15) is 0 Å². The molecule has 0 aromatic heterocycles. The molecule has 0 radical (unpaired) electrons. The van der Waals surface area contributed by atoms with E-state index in [4.69, 9.17) is 5.73 Å². The molecule has 0 spiro atoms. The summed E-state index contributed by atoms with van der Waals surface area (Å²) in [5.74, 6) is 0.878. The Labute approximate surface area is 92.7 Å². The van der Waals surface area contributed by atoms with Crippen LogP contribution in [0, 0.1) is 12.8 Å². The van der Waals surface area contributed by atoms with Crippen LogP contribution >= 0.6 is 0 Å². The molecule has 0 amide bonds. The van der Waals surface area contributed by atoms with Crippen LogP contribution in [0.3, 0.4) is 0 Å². The molecule has 1 aromatic rings. The molecule has 0 aliphatic heterocycles. The minimum absolute atomic E-state index is 0.844. The third-order valence-corrected chi connectivity index (χ3v) is 3.51. The molecule has 82 valence electrons. The maximum Gasteiger partial charge on any atom is -0.00772 e. The summed E-state index contributed by atoms with van der Waals surface area (Å²) in [7, 11) is 0. The number of hydrogen-bond donors (Lipinski definition) is 1. The number of nitrogens with two attached hydrogens (primary N) is 1. The third kappa shape index (κ3) is 2.60. The summed E-state index contributed by atoms with van der Waals surface area (Å²) >= 11 is 0. The highest BCUT2D eigenvalue weighted by Crippen LogP contribution is 2.28. The van der Waals surface area contributed by atoms with Crippen LogP contribution in [-0.4, -0.2) is 6.54 Å². The van der Waals surface area contributed by atoms with E-state index in [1.807, 2.05) is 0 Å². The van der Waals surface area contributed by atoms with E-state index in [9.17, 15) is 0 Å². The van der Waals surface area contributed by atoms with Crippen molar-refractivity contribution in [3.63, 3.8) is 0 Å². The van der Waals surface area contributed by atoms with Crippen molar-refractivity contribution in [3.05, 3.63) is 34.9 Å². The van der Waals surface area contributed by atoms with Gasteiger partial charge in [-0.1, -0.05) is 23.8 Å². The Hall–Kier alpha value is -0.820. The monoisotopic (exact) mass is 203 g/mol. The van der Waals surface area contributed by atoms with Crippen molar-refractivity contribution in [1.29, 1.82) is 0 Å². The Kier molecular flexibility index (Phi) is 3.42. The first-order valence-corrected chi connectivity index (χ1v) is 6.08. The predicted octanol–water partition coefficient (Wildman–Crippen LogP) is 2.84. The molecule has 1 unspecified atom stereocenters. The second-order valence-corrected chi connectivity index (χ2v) is 4.81. The summed E-state index contributed by atoms with van der Waals surface area (Å²) in [5, 5.41) is 0. The Morgan fingerprint density at radius 3 is 3.00 bits per heavy atom. The molecule has 1 atom stereocenters. The predicted molar refractivity (Wildman–Crippen MR) is 65.0 cm³/mol. The highest BCUT2D eigenvalue weighted by Gasteiger charge is 2.17. The zero-order valence-electron chi connectivity index (χ0n) is 9.63. The number of benzene rings is 1. The Balaban J connectivity index is 2.05. The molecule has 1 aliphatic rings. The molecule has 1 nitrogen and oxygen atoms in total. The molecule has 1 aliphatic carbocycles. The smallest absolute Gasteiger partial charge is 0.00772 e. The summed E-state index contributed by atoms with van der Waals surface area (Å²) in [4.78, 5) is 0. The minimum atomic E-state index is 0.844. The van der Waals surface area contributed by atoms with E-state index in [-0.39, 0.29) is 0 Å². The van der Waals surface area contributed by atoms with E-state index in [1.165, 1.54) is 37.7 Å². The quantitative estimate of drug-likeness (QED) is 0.803. The molecule has 1 aromatic carbocycles. The van der Waals surface area contributed by atoms with Crippen LogP contribution in [-0.2, 0) is 12.8 Å². The molecule has 0 saturated heterocycles. The van der Waals surface area contributed by atoms with Crippen molar-refractivity contribution >= 4 is 0 Å². The van der Waals surface area contributed by atoms with Gasteiger partial charge in [0.05, 0.1) is 0 Å². The van der Waals surface area contributed by atoms with Gasteiger partial charge < -0.3 is 5.73 Å². The highest BCUT2D eigenvalue weighted by molar-refractivity contribution is 5.33. The van der Waals surface area contributed by atoms with Gasteiger partial charge in [0.2, 0.25) is 0 Å². The maximum absolute atomic E-state index is 5.56. The van der Waals surface area contributed by atoms with E-state index >= 15 is 0 Å². The van der Waals surface area contributed by atoms with Crippen molar-refractivity contribution in [2.75, 3.05) is 6.54 Å². The van der Waals surface area contributed by atoms with Crippen molar-refractivity contribution in [2.24, 2.45) is 11.7 Å². The normalized spacial score (nSPS) is 20.0. The van der Waals surface area contributed by atoms with Crippen LogP contribution in [0.5, 0.6) is 0 Å². The molecule has 2 rings (SSSR count). The Bertz CT molecular complexity index is 330. The van der Waals surface area contributed by atoms with Gasteiger partial charge in [-0.25, -0.2) is 0 Å². The molecule has 0 saturated carbocycles. The lowest BCUT2D eigenvalue weighted by Crippen LogP contribution is -2.15. The van der Waals surface area contributed by atoms with Crippen molar-refractivity contribution in [3.8, 4) is 0 Å². The van der Waals surface area contributed by atoms with Crippen molar-refractivity contribution < 1.29 is 0 Å². The van der Waals surface area contributed by atoms with Crippen molar-refractivity contribution in [1.82, 2.24) is 0 Å². The molecule has 0 heterocycles. The summed E-state index contributed by atoms with van der Waals surface area (Å²) in [6.45, 7) is 3.03. The summed E-state index contributed by atoms with van der Waals surface area (Å²) in [5.41, 5.74) is 10.1. The van der Waals surface area contributed by atoms with E-state index in [0.29, 0.717) is 0 Å². The van der Waals surface area contributed by atoms with Crippen molar-refractivity contribution in [2.45, 2.75) is 39.0 Å². The average Bonchev–Trinajstić information content (AvgIpc) is 2.25. The molecular weight excluding hydrogens is 182 g/mol. The zero-order valence-corrected chi connectivity index (χ0v) is 9.63. The fourth-order valence-corrected chi connectivity index (χ4v) is 2.61. The number of rotatable bonds is 3. The fraction of sp³-hybridized carbons (Fsp3) is 0.571. The molecule has 1 heteroatoms. The summed E-state index contributed by atoms with van der Waals surface area (Å²) in [6.07, 6.45) is 6.40. The first kappa shape index (κ1) is 10.7. The summed E-state index contributed by atoms with van der Waals surface area (Å²) < 4.78 is 0. The minimum Gasteiger partial charge on any atom is -0.330 e. The lowest BCUT2D eigenvalue weighted by molar-refractivity contribution is 0.417. The molecule has 2 N–H and O–H groups in total. The first-order chi connectivity index (χ1) is 7.29. The largest absolute Gasteiger partial charge is 0.330 e. The van der Waals surface area contributed by atoms with Crippen LogP contribution in [0.1, 0.15) is 36.0 Å². The number of hydrogen-bond acceptors (Lipinski definition) is 1. The molecule has 0 bridgehead atoms. The third-order valence-electron chi connectivity index (χ3n) is 3.51. The molecule has 0 fully saturated rings. The van der Waals surface area contributed by atoms with Crippen LogP contribution in [0.4, 0.5) is 0 Å². The van der Waals surface area contributed by atoms with E-state index in [0.717, 1.165) is 12.5 Å².